The molecule has 0 aliphatic carbocycles. The van der Waals surface area contributed by atoms with Crippen LogP contribution in [0.5, 0.6) is 23.0 Å². The smallest absolute Gasteiger partial charge is 0.162 e. The Labute approximate surface area is 188 Å². The molecule has 0 spiro atoms. The second kappa shape index (κ2) is 9.34. The van der Waals surface area contributed by atoms with E-state index in [1.807, 2.05) is 12.1 Å². The van der Waals surface area contributed by atoms with E-state index in [4.69, 9.17) is 28.4 Å². The monoisotopic (exact) mass is 442 g/mol. The van der Waals surface area contributed by atoms with Gasteiger partial charge in [0.1, 0.15) is 25.4 Å². The van der Waals surface area contributed by atoms with E-state index in [-0.39, 0.29) is 12.2 Å². The fraction of sp³-hybridized carbons (Fsp3) is 0.500. The van der Waals surface area contributed by atoms with Gasteiger partial charge in [-0.25, -0.2) is 0 Å². The summed E-state index contributed by atoms with van der Waals surface area (Å²) >= 11 is 0. The SMILES string of the molecule is COc1cc(N2CCN(c3ccc(OCC4CO4)c(OC)c3)CC2)ccc1OCC1CO1. The standard InChI is InChI=1S/C24H30N2O6/c1-27-23-11-17(3-5-21(23)31-15-19-13-29-19)25-7-9-26(10-8-25)18-4-6-22(24(12-18)28-2)32-16-20-14-30-20/h3-6,11-12,19-20H,7-10,13-16H2,1-2H3. The lowest BCUT2D eigenvalue weighted by atomic mass is 10.2. The second-order valence-corrected chi connectivity index (χ2v) is 8.18. The lowest BCUT2D eigenvalue weighted by molar-refractivity contribution is 0.252. The molecule has 0 saturated carbocycles. The van der Waals surface area contributed by atoms with E-state index in [2.05, 4.69) is 34.1 Å². The fourth-order valence-corrected chi connectivity index (χ4v) is 3.86. The van der Waals surface area contributed by atoms with E-state index >= 15 is 0 Å². The van der Waals surface area contributed by atoms with Crippen LogP contribution in [0.15, 0.2) is 36.4 Å². The summed E-state index contributed by atoms with van der Waals surface area (Å²) in [6.45, 7) is 6.35. The number of hydrogen-bond acceptors (Lipinski definition) is 8. The molecule has 0 amide bonds. The molecule has 8 nitrogen and oxygen atoms in total. The Morgan fingerprint density at radius 3 is 1.44 bits per heavy atom. The molecule has 172 valence electrons. The molecule has 0 radical (unpaired) electrons. The highest BCUT2D eigenvalue weighted by molar-refractivity contribution is 5.60. The minimum atomic E-state index is 0.221. The molecule has 3 saturated heterocycles. The highest BCUT2D eigenvalue weighted by Gasteiger charge is 2.25. The molecule has 8 heteroatoms. The van der Waals surface area contributed by atoms with Crippen molar-refractivity contribution in [2.24, 2.45) is 0 Å². The van der Waals surface area contributed by atoms with E-state index in [1.54, 1.807) is 14.2 Å². The number of benzene rings is 2. The normalized spacial score (nSPS) is 21.8. The zero-order valence-corrected chi connectivity index (χ0v) is 18.6. The van der Waals surface area contributed by atoms with Crippen molar-refractivity contribution in [3.63, 3.8) is 0 Å². The van der Waals surface area contributed by atoms with E-state index in [0.29, 0.717) is 13.2 Å². The molecule has 0 N–H and O–H groups in total. The van der Waals surface area contributed by atoms with Gasteiger partial charge in [0.15, 0.2) is 23.0 Å². The van der Waals surface area contributed by atoms with Crippen LogP contribution in [0.25, 0.3) is 0 Å². The molecule has 0 aromatic heterocycles. The number of anilines is 2. The molecule has 5 rings (SSSR count). The maximum atomic E-state index is 5.83. The summed E-state index contributed by atoms with van der Waals surface area (Å²) in [6, 6.07) is 12.3. The van der Waals surface area contributed by atoms with Crippen LogP contribution in [0.4, 0.5) is 11.4 Å². The van der Waals surface area contributed by atoms with Gasteiger partial charge in [-0.05, 0) is 24.3 Å². The largest absolute Gasteiger partial charge is 0.493 e. The van der Waals surface area contributed by atoms with Gasteiger partial charge in [-0.3, -0.25) is 0 Å². The summed E-state index contributed by atoms with van der Waals surface area (Å²) in [7, 11) is 3.35. The van der Waals surface area contributed by atoms with Gasteiger partial charge in [0, 0.05) is 49.7 Å². The van der Waals surface area contributed by atoms with E-state index in [1.165, 1.54) is 0 Å². The molecule has 32 heavy (non-hydrogen) atoms. The third-order valence-electron chi connectivity index (χ3n) is 5.96. The minimum absolute atomic E-state index is 0.221. The number of ether oxygens (including phenoxy) is 6. The summed E-state index contributed by atoms with van der Waals surface area (Å²) in [4.78, 5) is 4.74. The van der Waals surface area contributed by atoms with Crippen molar-refractivity contribution in [1.29, 1.82) is 0 Å². The van der Waals surface area contributed by atoms with E-state index in [9.17, 15) is 0 Å². The van der Waals surface area contributed by atoms with Crippen LogP contribution in [0.1, 0.15) is 0 Å². The predicted octanol–water partition coefficient (Wildman–Crippen LogP) is 2.59. The van der Waals surface area contributed by atoms with Crippen LogP contribution in [-0.2, 0) is 9.47 Å². The molecule has 3 aliphatic rings. The third kappa shape index (κ3) is 4.97. The number of epoxide rings is 2. The number of rotatable bonds is 10. The molecule has 3 fully saturated rings. The van der Waals surface area contributed by atoms with Crippen LogP contribution in [0, 0.1) is 0 Å². The van der Waals surface area contributed by atoms with Gasteiger partial charge < -0.3 is 38.2 Å². The number of piperazine rings is 1. The summed E-state index contributed by atoms with van der Waals surface area (Å²) in [5.74, 6) is 3.02. The molecule has 3 heterocycles. The molecule has 2 atom stereocenters. The Hall–Kier alpha value is -2.84. The lowest BCUT2D eigenvalue weighted by Crippen LogP contribution is -2.46. The van der Waals surface area contributed by atoms with Gasteiger partial charge in [-0.15, -0.1) is 0 Å². The van der Waals surface area contributed by atoms with Crippen molar-refractivity contribution in [2.75, 3.05) is 76.6 Å². The topological polar surface area (TPSA) is 68.5 Å². The minimum Gasteiger partial charge on any atom is -0.493 e. The molecule has 3 aliphatic heterocycles. The molecule has 0 bridgehead atoms. The van der Waals surface area contributed by atoms with Crippen LogP contribution >= 0.6 is 0 Å². The van der Waals surface area contributed by atoms with Gasteiger partial charge in [-0.1, -0.05) is 0 Å². The summed E-state index contributed by atoms with van der Waals surface area (Å²) in [6.07, 6.45) is 0.442. The molecule has 2 aromatic carbocycles. The number of hydrogen-bond donors (Lipinski definition) is 0. The first kappa shape index (κ1) is 21.0. The first-order valence-corrected chi connectivity index (χ1v) is 11.1. The van der Waals surface area contributed by atoms with Gasteiger partial charge in [0.25, 0.3) is 0 Å². The van der Waals surface area contributed by atoms with E-state index in [0.717, 1.165) is 73.8 Å². The molecular formula is C24H30N2O6. The Balaban J connectivity index is 1.20. The van der Waals surface area contributed by atoms with Crippen LogP contribution in [0.2, 0.25) is 0 Å². The highest BCUT2D eigenvalue weighted by Crippen LogP contribution is 2.35. The van der Waals surface area contributed by atoms with Crippen molar-refractivity contribution in [1.82, 2.24) is 0 Å². The third-order valence-corrected chi connectivity index (χ3v) is 5.96. The first-order valence-electron chi connectivity index (χ1n) is 11.1. The lowest BCUT2D eigenvalue weighted by Gasteiger charge is -2.37. The molecular weight excluding hydrogens is 412 g/mol. The number of nitrogens with zero attached hydrogens (tertiary/aromatic N) is 2. The highest BCUT2D eigenvalue weighted by atomic mass is 16.6. The summed E-state index contributed by atoms with van der Waals surface area (Å²) in [5.41, 5.74) is 2.28. The number of methoxy groups -OCH3 is 2. The van der Waals surface area contributed by atoms with Gasteiger partial charge in [-0.2, -0.15) is 0 Å². The second-order valence-electron chi connectivity index (χ2n) is 8.18. The average molecular weight is 443 g/mol. The van der Waals surface area contributed by atoms with Crippen molar-refractivity contribution in [2.45, 2.75) is 12.2 Å². The maximum absolute atomic E-state index is 5.83. The molecule has 2 aromatic rings. The Morgan fingerprint density at radius 1 is 0.688 bits per heavy atom. The predicted molar refractivity (Wildman–Crippen MR) is 121 cm³/mol. The summed E-state index contributed by atoms with van der Waals surface area (Å²) < 4.78 is 33.2. The van der Waals surface area contributed by atoms with Gasteiger partial charge >= 0.3 is 0 Å². The Morgan fingerprint density at radius 2 is 1.09 bits per heavy atom. The van der Waals surface area contributed by atoms with Crippen molar-refractivity contribution in [3.8, 4) is 23.0 Å². The Bertz CT molecular complexity index is 847. The van der Waals surface area contributed by atoms with Crippen LogP contribution < -0.4 is 28.7 Å². The van der Waals surface area contributed by atoms with Gasteiger partial charge in [0.2, 0.25) is 0 Å². The van der Waals surface area contributed by atoms with Crippen LogP contribution in [0.3, 0.4) is 0 Å². The van der Waals surface area contributed by atoms with Crippen LogP contribution in [-0.4, -0.2) is 79.0 Å². The quantitative estimate of drug-likeness (QED) is 0.520. The van der Waals surface area contributed by atoms with Gasteiger partial charge in [0.05, 0.1) is 27.4 Å². The zero-order chi connectivity index (χ0) is 21.9. The first-order chi connectivity index (χ1) is 15.7. The fourth-order valence-electron chi connectivity index (χ4n) is 3.86. The van der Waals surface area contributed by atoms with Crippen molar-refractivity contribution >= 4 is 11.4 Å². The maximum Gasteiger partial charge on any atom is 0.162 e. The zero-order valence-electron chi connectivity index (χ0n) is 18.6. The van der Waals surface area contributed by atoms with Crippen molar-refractivity contribution in [3.05, 3.63) is 36.4 Å². The van der Waals surface area contributed by atoms with E-state index < -0.39 is 0 Å². The molecule has 2 unspecified atom stereocenters. The summed E-state index contributed by atoms with van der Waals surface area (Å²) in [5, 5.41) is 0. The Kier molecular flexibility index (Phi) is 6.14. The van der Waals surface area contributed by atoms with Crippen molar-refractivity contribution < 1.29 is 28.4 Å². The average Bonchev–Trinajstić information content (AvgIpc) is 3.77.